The molecule has 2 rings (SSSR count). The Kier molecular flexibility index (Phi) is 2.75. The van der Waals surface area contributed by atoms with Gasteiger partial charge < -0.3 is 10.5 Å². The van der Waals surface area contributed by atoms with E-state index in [4.69, 9.17) is 10.5 Å². The molecule has 0 spiro atoms. The predicted octanol–water partition coefficient (Wildman–Crippen LogP) is 1.97. The molecule has 1 heterocycles. The van der Waals surface area contributed by atoms with Crippen LogP contribution in [-0.4, -0.2) is 17.1 Å². The number of hydrogen-bond acceptors (Lipinski definition) is 4. The summed E-state index contributed by atoms with van der Waals surface area (Å²) in [4.78, 5) is 8.80. The quantitative estimate of drug-likeness (QED) is 0.835. The third-order valence-corrected chi connectivity index (χ3v) is 2.52. The van der Waals surface area contributed by atoms with Gasteiger partial charge in [0.05, 0.1) is 18.7 Å². The number of ether oxygens (including phenoxy) is 1. The van der Waals surface area contributed by atoms with Gasteiger partial charge in [-0.25, -0.2) is 9.97 Å². The van der Waals surface area contributed by atoms with Gasteiger partial charge in [-0.05, 0) is 32.0 Å². The Morgan fingerprint density at radius 3 is 2.69 bits per heavy atom. The summed E-state index contributed by atoms with van der Waals surface area (Å²) in [6.45, 7) is 3.83. The van der Waals surface area contributed by atoms with E-state index >= 15 is 0 Å². The summed E-state index contributed by atoms with van der Waals surface area (Å²) >= 11 is 0. The van der Waals surface area contributed by atoms with E-state index in [1.807, 2.05) is 32.0 Å². The minimum Gasteiger partial charge on any atom is -0.497 e. The summed E-state index contributed by atoms with van der Waals surface area (Å²) in [6.07, 6.45) is 0. The molecule has 1 atom stereocenters. The second-order valence-electron chi connectivity index (χ2n) is 3.84. The molecule has 0 aliphatic rings. The predicted molar refractivity (Wildman–Crippen MR) is 63.4 cm³/mol. The second-order valence-corrected chi connectivity index (χ2v) is 3.84. The van der Waals surface area contributed by atoms with Crippen molar-refractivity contribution in [1.82, 2.24) is 9.97 Å². The van der Waals surface area contributed by atoms with Gasteiger partial charge in [-0.2, -0.15) is 0 Å². The van der Waals surface area contributed by atoms with Crippen molar-refractivity contribution in [1.29, 1.82) is 0 Å². The summed E-state index contributed by atoms with van der Waals surface area (Å²) in [7, 11) is 1.65. The van der Waals surface area contributed by atoms with Crippen LogP contribution < -0.4 is 10.5 Å². The largest absolute Gasteiger partial charge is 0.497 e. The number of aryl methyl sites for hydroxylation is 1. The monoisotopic (exact) mass is 217 g/mol. The zero-order valence-corrected chi connectivity index (χ0v) is 9.69. The molecule has 2 N–H and O–H groups in total. The van der Waals surface area contributed by atoms with Gasteiger partial charge in [0.2, 0.25) is 0 Å². The molecule has 4 heteroatoms. The summed E-state index contributed by atoms with van der Waals surface area (Å²) in [5, 5.41) is 1.00. The van der Waals surface area contributed by atoms with Crippen LogP contribution in [-0.2, 0) is 0 Å². The molecule has 0 bridgehead atoms. The molecule has 4 nitrogen and oxygen atoms in total. The van der Waals surface area contributed by atoms with Gasteiger partial charge in [-0.3, -0.25) is 0 Å². The number of hydrogen-bond donors (Lipinski definition) is 1. The smallest absolute Gasteiger partial charge is 0.145 e. The molecule has 0 aliphatic heterocycles. The van der Waals surface area contributed by atoms with Crippen molar-refractivity contribution in [3.05, 3.63) is 29.7 Å². The van der Waals surface area contributed by atoms with Crippen molar-refractivity contribution in [3.8, 4) is 5.75 Å². The Morgan fingerprint density at radius 1 is 1.31 bits per heavy atom. The number of nitrogens with two attached hydrogens (primary N) is 1. The van der Waals surface area contributed by atoms with Crippen molar-refractivity contribution < 1.29 is 4.74 Å². The van der Waals surface area contributed by atoms with E-state index in [2.05, 4.69) is 9.97 Å². The Hall–Kier alpha value is -1.68. The summed E-state index contributed by atoms with van der Waals surface area (Å²) < 4.78 is 5.17. The lowest BCUT2D eigenvalue weighted by molar-refractivity contribution is 0.415. The Morgan fingerprint density at radius 2 is 2.06 bits per heavy atom. The molecule has 2 aromatic rings. The lowest BCUT2D eigenvalue weighted by Crippen LogP contribution is -2.10. The molecule has 0 radical (unpaired) electrons. The first-order valence-corrected chi connectivity index (χ1v) is 5.19. The molecule has 0 saturated heterocycles. The van der Waals surface area contributed by atoms with Crippen molar-refractivity contribution in [2.75, 3.05) is 7.11 Å². The number of benzene rings is 1. The fraction of sp³-hybridized carbons (Fsp3) is 0.333. The van der Waals surface area contributed by atoms with E-state index in [0.717, 1.165) is 22.3 Å². The third kappa shape index (κ3) is 1.84. The number of methoxy groups -OCH3 is 1. The normalized spacial score (nSPS) is 12.8. The Labute approximate surface area is 94.5 Å². The average Bonchev–Trinajstić information content (AvgIpc) is 2.28. The molecule has 0 fully saturated rings. The van der Waals surface area contributed by atoms with E-state index in [-0.39, 0.29) is 6.04 Å². The van der Waals surface area contributed by atoms with Crippen LogP contribution in [0.15, 0.2) is 18.2 Å². The van der Waals surface area contributed by atoms with E-state index in [9.17, 15) is 0 Å². The minimum absolute atomic E-state index is 0.148. The lowest BCUT2D eigenvalue weighted by Gasteiger charge is -2.09. The van der Waals surface area contributed by atoms with Gasteiger partial charge >= 0.3 is 0 Å². The van der Waals surface area contributed by atoms with Crippen LogP contribution in [0.25, 0.3) is 10.9 Å². The van der Waals surface area contributed by atoms with Gasteiger partial charge in [-0.15, -0.1) is 0 Å². The van der Waals surface area contributed by atoms with Crippen LogP contribution in [0.5, 0.6) is 5.75 Å². The summed E-state index contributed by atoms with van der Waals surface area (Å²) in [5.41, 5.74) is 7.61. The molecule has 84 valence electrons. The molecular formula is C12H15N3O. The second kappa shape index (κ2) is 4.06. The lowest BCUT2D eigenvalue weighted by atomic mass is 10.1. The maximum atomic E-state index is 5.78. The maximum absolute atomic E-state index is 5.78. The van der Waals surface area contributed by atoms with Crippen molar-refractivity contribution >= 4 is 10.9 Å². The highest BCUT2D eigenvalue weighted by molar-refractivity contribution is 5.82. The first-order valence-electron chi connectivity index (χ1n) is 5.19. The number of aromatic nitrogens is 2. The molecule has 1 aromatic heterocycles. The van der Waals surface area contributed by atoms with Gasteiger partial charge in [0.15, 0.2) is 0 Å². The van der Waals surface area contributed by atoms with Crippen molar-refractivity contribution in [3.63, 3.8) is 0 Å². The van der Waals surface area contributed by atoms with Gasteiger partial charge in [0, 0.05) is 11.1 Å². The van der Waals surface area contributed by atoms with Gasteiger partial charge in [-0.1, -0.05) is 0 Å². The molecule has 1 unspecified atom stereocenters. The zero-order valence-electron chi connectivity index (χ0n) is 9.69. The third-order valence-electron chi connectivity index (χ3n) is 2.52. The molecule has 0 saturated carbocycles. The Bertz CT molecular complexity index is 523. The van der Waals surface area contributed by atoms with Crippen LogP contribution in [0.1, 0.15) is 24.5 Å². The van der Waals surface area contributed by atoms with Crippen molar-refractivity contribution in [2.24, 2.45) is 5.73 Å². The fourth-order valence-electron chi connectivity index (χ4n) is 1.61. The van der Waals surface area contributed by atoms with Crippen LogP contribution >= 0.6 is 0 Å². The van der Waals surface area contributed by atoms with Crippen LogP contribution in [0, 0.1) is 6.92 Å². The highest BCUT2D eigenvalue weighted by Crippen LogP contribution is 2.22. The zero-order chi connectivity index (χ0) is 11.7. The standard InChI is InChI=1S/C12H15N3O/c1-7(13)12-14-8(2)10-6-9(16-3)4-5-11(10)15-12/h4-7H,13H2,1-3H3. The average molecular weight is 217 g/mol. The Balaban J connectivity index is 2.66. The van der Waals surface area contributed by atoms with Gasteiger partial charge in [0.1, 0.15) is 11.6 Å². The minimum atomic E-state index is -0.148. The molecule has 16 heavy (non-hydrogen) atoms. The molecule has 0 aliphatic carbocycles. The number of fused-ring (bicyclic) bond motifs is 1. The highest BCUT2D eigenvalue weighted by Gasteiger charge is 2.08. The first-order chi connectivity index (χ1) is 7.61. The van der Waals surface area contributed by atoms with E-state index in [1.54, 1.807) is 7.11 Å². The van der Waals surface area contributed by atoms with Crippen LogP contribution in [0.4, 0.5) is 0 Å². The topological polar surface area (TPSA) is 61.0 Å². The summed E-state index contributed by atoms with van der Waals surface area (Å²) in [6, 6.07) is 5.61. The maximum Gasteiger partial charge on any atom is 0.145 e. The van der Waals surface area contributed by atoms with Crippen molar-refractivity contribution in [2.45, 2.75) is 19.9 Å². The van der Waals surface area contributed by atoms with Crippen LogP contribution in [0.3, 0.4) is 0 Å². The highest BCUT2D eigenvalue weighted by atomic mass is 16.5. The number of rotatable bonds is 2. The molecular weight excluding hydrogens is 202 g/mol. The van der Waals surface area contributed by atoms with E-state index < -0.39 is 0 Å². The first kappa shape index (κ1) is 10.8. The number of nitrogens with zero attached hydrogens (tertiary/aromatic N) is 2. The molecule has 0 amide bonds. The molecule has 1 aromatic carbocycles. The van der Waals surface area contributed by atoms with E-state index in [1.165, 1.54) is 0 Å². The van der Waals surface area contributed by atoms with Gasteiger partial charge in [0.25, 0.3) is 0 Å². The SMILES string of the molecule is COc1ccc2nc(C(C)N)nc(C)c2c1. The summed E-state index contributed by atoms with van der Waals surface area (Å²) in [5.74, 6) is 1.49. The fourth-order valence-corrected chi connectivity index (χ4v) is 1.61. The van der Waals surface area contributed by atoms with Crippen LogP contribution in [0.2, 0.25) is 0 Å². The van der Waals surface area contributed by atoms with E-state index in [0.29, 0.717) is 5.82 Å².